The maximum Gasteiger partial charge on any atom is 0.397 e. The number of nitrogens with one attached hydrogen (secondary N) is 2. The fourth-order valence-corrected chi connectivity index (χ4v) is 6.75. The molecule has 0 bridgehead atoms. The summed E-state index contributed by atoms with van der Waals surface area (Å²) < 4.78 is 39.9. The average molecular weight is 569 g/mol. The minimum absolute atomic E-state index is 0.273. The predicted molar refractivity (Wildman–Crippen MR) is 145 cm³/mol. The van der Waals surface area contributed by atoms with Crippen LogP contribution in [0.2, 0.25) is 0 Å². The fourth-order valence-electron chi connectivity index (χ4n) is 6.04. The number of nitriles is 1. The van der Waals surface area contributed by atoms with E-state index >= 15 is 0 Å². The Labute approximate surface area is 232 Å². The first-order valence-corrected chi connectivity index (χ1v) is 13.9. The third-order valence-corrected chi connectivity index (χ3v) is 8.69. The standard InChI is InChI=1S/C27H27F3N8OS/c1-16-17(2-3-22-21(16)6-20(8-31)38(22)12-19-9-32-14-33-19)10-36-5-4-18-11-37(13-23(18)36)25-26(40-15-34-25)35-24(39)7-27(28,29)30/h2-3,6,9,14-15,18,23H,4-5,7,10-13H2,1H3,(H,32,33)(H,35,39). The lowest BCUT2D eigenvalue weighted by Crippen LogP contribution is -2.35. The number of benzene rings is 1. The highest BCUT2D eigenvalue weighted by atomic mass is 32.1. The van der Waals surface area contributed by atoms with Crippen molar-refractivity contribution in [3.05, 3.63) is 58.7 Å². The molecule has 13 heteroatoms. The second kappa shape index (κ2) is 10.3. The molecular weight excluding hydrogens is 541 g/mol. The summed E-state index contributed by atoms with van der Waals surface area (Å²) in [6, 6.07) is 8.74. The number of imidazole rings is 1. The normalized spacial score (nSPS) is 19.3. The van der Waals surface area contributed by atoms with Gasteiger partial charge in [0.05, 0.1) is 24.1 Å². The number of carbonyl (C=O) groups is 1. The number of hydrogen-bond acceptors (Lipinski definition) is 7. The smallest absolute Gasteiger partial charge is 0.352 e. The van der Waals surface area contributed by atoms with E-state index in [-0.39, 0.29) is 6.04 Å². The van der Waals surface area contributed by atoms with Crippen molar-refractivity contribution < 1.29 is 18.0 Å². The molecule has 208 valence electrons. The second-order valence-electron chi connectivity index (χ2n) is 10.4. The fraction of sp³-hybridized carbons (Fsp3) is 0.407. The summed E-state index contributed by atoms with van der Waals surface area (Å²) >= 11 is 1.13. The first-order chi connectivity index (χ1) is 19.2. The van der Waals surface area contributed by atoms with Crippen LogP contribution in [-0.4, -0.2) is 62.2 Å². The highest BCUT2D eigenvalue weighted by Gasteiger charge is 2.42. The van der Waals surface area contributed by atoms with Gasteiger partial charge >= 0.3 is 6.18 Å². The van der Waals surface area contributed by atoms with Gasteiger partial charge in [0.2, 0.25) is 5.91 Å². The summed E-state index contributed by atoms with van der Waals surface area (Å²) in [7, 11) is 0. The molecule has 2 aliphatic rings. The zero-order valence-corrected chi connectivity index (χ0v) is 22.5. The number of amides is 1. The quantitative estimate of drug-likeness (QED) is 0.336. The topological polar surface area (TPSA) is 106 Å². The Balaban J connectivity index is 1.18. The summed E-state index contributed by atoms with van der Waals surface area (Å²) in [5, 5.41) is 13.6. The number of hydrogen-bond donors (Lipinski definition) is 2. The zero-order valence-electron chi connectivity index (χ0n) is 21.7. The Hall–Kier alpha value is -3.89. The number of anilines is 2. The van der Waals surface area contributed by atoms with Crippen molar-refractivity contribution in [2.24, 2.45) is 5.92 Å². The van der Waals surface area contributed by atoms with Crippen LogP contribution in [0, 0.1) is 24.2 Å². The maximum absolute atomic E-state index is 12.6. The molecule has 3 aromatic heterocycles. The van der Waals surface area contributed by atoms with Crippen molar-refractivity contribution in [1.29, 1.82) is 5.26 Å². The first-order valence-electron chi connectivity index (χ1n) is 13.0. The molecule has 9 nitrogen and oxygen atoms in total. The van der Waals surface area contributed by atoms with Crippen molar-refractivity contribution >= 4 is 39.0 Å². The zero-order chi connectivity index (χ0) is 28.0. The summed E-state index contributed by atoms with van der Waals surface area (Å²) in [5.74, 6) is -0.137. The van der Waals surface area contributed by atoms with Crippen LogP contribution in [0.1, 0.15) is 35.4 Å². The predicted octanol–water partition coefficient (Wildman–Crippen LogP) is 4.65. The van der Waals surface area contributed by atoms with Gasteiger partial charge in [0.15, 0.2) is 5.82 Å². The molecule has 2 aliphatic heterocycles. The largest absolute Gasteiger partial charge is 0.397 e. The number of carbonyl (C=O) groups excluding carboxylic acids is 1. The molecule has 4 aromatic rings. The van der Waals surface area contributed by atoms with Gasteiger partial charge in [-0.05, 0) is 49.1 Å². The molecule has 2 fully saturated rings. The Morgan fingerprint density at radius 2 is 2.12 bits per heavy atom. The summed E-state index contributed by atoms with van der Waals surface area (Å²) in [4.78, 5) is 28.1. The molecule has 0 saturated carbocycles. The Kier molecular flexibility index (Phi) is 6.75. The number of alkyl halides is 3. The van der Waals surface area contributed by atoms with Gasteiger partial charge in [0.1, 0.15) is 23.2 Å². The minimum atomic E-state index is -4.56. The molecule has 5 heterocycles. The number of fused-ring (bicyclic) bond motifs is 2. The molecule has 0 aliphatic carbocycles. The lowest BCUT2D eigenvalue weighted by molar-refractivity contribution is -0.150. The van der Waals surface area contributed by atoms with Gasteiger partial charge in [-0.15, -0.1) is 11.3 Å². The second-order valence-corrected chi connectivity index (χ2v) is 11.3. The average Bonchev–Trinajstić information content (AvgIpc) is 3.70. The Morgan fingerprint density at radius 3 is 2.88 bits per heavy atom. The van der Waals surface area contributed by atoms with E-state index in [0.29, 0.717) is 35.5 Å². The van der Waals surface area contributed by atoms with Gasteiger partial charge in [-0.1, -0.05) is 6.07 Å². The van der Waals surface area contributed by atoms with Crippen molar-refractivity contribution in [1.82, 2.24) is 24.4 Å². The molecule has 1 amide bonds. The molecule has 2 atom stereocenters. The monoisotopic (exact) mass is 568 g/mol. The number of rotatable bonds is 7. The van der Waals surface area contributed by atoms with Crippen LogP contribution in [-0.2, 0) is 17.9 Å². The number of aromatic amines is 1. The molecule has 0 radical (unpaired) electrons. The summed E-state index contributed by atoms with van der Waals surface area (Å²) in [6.07, 6.45) is -1.60. The molecule has 6 rings (SSSR count). The number of likely N-dealkylation sites (tertiary alicyclic amines) is 1. The van der Waals surface area contributed by atoms with Crippen molar-refractivity contribution in [3.63, 3.8) is 0 Å². The lowest BCUT2D eigenvalue weighted by Gasteiger charge is -2.26. The molecule has 2 N–H and O–H groups in total. The molecular formula is C27H27F3N8OS. The van der Waals surface area contributed by atoms with E-state index in [0.717, 1.165) is 59.6 Å². The number of halogens is 3. The van der Waals surface area contributed by atoms with Crippen molar-refractivity contribution in [3.8, 4) is 6.07 Å². The van der Waals surface area contributed by atoms with E-state index < -0.39 is 18.5 Å². The van der Waals surface area contributed by atoms with E-state index in [2.05, 4.69) is 55.2 Å². The molecule has 2 saturated heterocycles. The number of aryl methyl sites for hydroxylation is 1. The highest BCUT2D eigenvalue weighted by Crippen LogP contribution is 2.39. The van der Waals surface area contributed by atoms with Crippen molar-refractivity contribution in [2.45, 2.75) is 45.1 Å². The maximum atomic E-state index is 12.6. The number of aromatic nitrogens is 4. The van der Waals surface area contributed by atoms with Crippen LogP contribution < -0.4 is 10.2 Å². The van der Waals surface area contributed by atoms with Crippen LogP contribution in [0.5, 0.6) is 0 Å². The van der Waals surface area contributed by atoms with Crippen molar-refractivity contribution in [2.75, 3.05) is 29.9 Å². The summed E-state index contributed by atoms with van der Waals surface area (Å²) in [5.41, 5.74) is 6.33. The molecule has 0 spiro atoms. The van der Waals surface area contributed by atoms with Gasteiger partial charge < -0.3 is 19.8 Å². The summed E-state index contributed by atoms with van der Waals surface area (Å²) in [6.45, 7) is 5.75. The van der Waals surface area contributed by atoms with Gasteiger partial charge in [0.25, 0.3) is 0 Å². The highest BCUT2D eigenvalue weighted by molar-refractivity contribution is 7.14. The first kappa shape index (κ1) is 26.3. The molecule has 1 aromatic carbocycles. The lowest BCUT2D eigenvalue weighted by atomic mass is 10.0. The molecule has 40 heavy (non-hydrogen) atoms. The van der Waals surface area contributed by atoms with Gasteiger partial charge in [-0.25, -0.2) is 9.97 Å². The number of H-pyrrole nitrogens is 1. The van der Waals surface area contributed by atoms with Crippen LogP contribution in [0.15, 0.2) is 36.2 Å². The number of thiazole rings is 1. The van der Waals surface area contributed by atoms with Gasteiger partial charge in [-0.2, -0.15) is 18.4 Å². The Morgan fingerprint density at radius 1 is 1.27 bits per heavy atom. The van der Waals surface area contributed by atoms with Crippen LogP contribution in [0.25, 0.3) is 10.9 Å². The van der Waals surface area contributed by atoms with E-state index in [1.165, 1.54) is 5.56 Å². The van der Waals surface area contributed by atoms with Crippen LogP contribution in [0.4, 0.5) is 24.0 Å². The van der Waals surface area contributed by atoms with E-state index in [1.54, 1.807) is 11.8 Å². The third kappa shape index (κ3) is 5.04. The van der Waals surface area contributed by atoms with E-state index in [4.69, 9.17) is 0 Å². The Bertz CT molecular complexity index is 1590. The molecule has 2 unspecified atom stereocenters. The minimum Gasteiger partial charge on any atom is -0.352 e. The van der Waals surface area contributed by atoms with Crippen LogP contribution in [0.3, 0.4) is 0 Å². The van der Waals surface area contributed by atoms with E-state index in [1.807, 2.05) is 16.8 Å². The third-order valence-electron chi connectivity index (χ3n) is 7.95. The van der Waals surface area contributed by atoms with E-state index in [9.17, 15) is 23.2 Å². The van der Waals surface area contributed by atoms with Crippen LogP contribution >= 0.6 is 11.3 Å². The van der Waals surface area contributed by atoms with Gasteiger partial charge in [-0.3, -0.25) is 9.69 Å². The SMILES string of the molecule is Cc1c(CN2CCC3CN(c4ncsc4NC(=O)CC(F)(F)F)CC32)ccc2c1cc(C#N)n2Cc1c[nH]cn1. The number of nitrogens with zero attached hydrogens (tertiary/aromatic N) is 6. The van der Waals surface area contributed by atoms with Gasteiger partial charge in [0, 0.05) is 42.8 Å².